The Morgan fingerprint density at radius 1 is 1.50 bits per heavy atom. The van der Waals surface area contributed by atoms with Crippen molar-refractivity contribution >= 4 is 21.6 Å². The zero-order valence-electron chi connectivity index (χ0n) is 7.64. The average Bonchev–Trinajstić information content (AvgIpc) is 2.60. The monoisotopic (exact) mass is 209 g/mol. The number of ether oxygens (including phenoxy) is 1. The maximum absolute atomic E-state index is 5.32. The van der Waals surface area contributed by atoms with Gasteiger partial charge in [0.05, 0.1) is 29.6 Å². The number of aromatic nitrogens is 2. The van der Waals surface area contributed by atoms with Crippen LogP contribution < -0.4 is 5.73 Å². The number of rotatable bonds is 4. The molecule has 5 heteroatoms. The molecule has 2 rings (SSSR count). The molecule has 0 saturated carbocycles. The predicted octanol–water partition coefficient (Wildman–Crippen LogP) is 1.17. The van der Waals surface area contributed by atoms with E-state index in [1.165, 1.54) is 0 Å². The smallest absolute Gasteiger partial charge is 0.120 e. The highest BCUT2D eigenvalue weighted by Crippen LogP contribution is 2.20. The molecule has 0 bridgehead atoms. The topological polar surface area (TPSA) is 61.0 Å². The van der Waals surface area contributed by atoms with Crippen molar-refractivity contribution in [1.82, 2.24) is 9.97 Å². The maximum atomic E-state index is 5.32. The van der Waals surface area contributed by atoms with Crippen molar-refractivity contribution in [1.29, 1.82) is 0 Å². The third-order valence-corrected chi connectivity index (χ3v) is 2.73. The first-order chi connectivity index (χ1) is 6.90. The van der Waals surface area contributed by atoms with Gasteiger partial charge in [-0.15, -0.1) is 11.3 Å². The van der Waals surface area contributed by atoms with E-state index < -0.39 is 0 Å². The molecule has 2 heterocycles. The van der Waals surface area contributed by atoms with E-state index in [1.54, 1.807) is 23.7 Å². The third-order valence-electron chi connectivity index (χ3n) is 1.72. The molecule has 2 aromatic heterocycles. The fraction of sp³-hybridized carbons (Fsp3) is 0.333. The summed E-state index contributed by atoms with van der Waals surface area (Å²) in [5, 5.41) is 0.974. The standard InChI is InChI=1S/C9H11N3OS/c10-2-4-13-6-9-12-7-5-11-3-1-8(7)14-9/h1,3,5H,2,4,6,10H2. The summed E-state index contributed by atoms with van der Waals surface area (Å²) in [6.07, 6.45) is 3.53. The molecule has 0 atom stereocenters. The van der Waals surface area contributed by atoms with Gasteiger partial charge >= 0.3 is 0 Å². The van der Waals surface area contributed by atoms with Crippen molar-refractivity contribution in [3.8, 4) is 0 Å². The van der Waals surface area contributed by atoms with Gasteiger partial charge in [-0.1, -0.05) is 0 Å². The number of fused-ring (bicyclic) bond motifs is 1. The van der Waals surface area contributed by atoms with Crippen molar-refractivity contribution in [2.75, 3.05) is 13.2 Å². The molecule has 0 spiro atoms. The number of nitrogens with two attached hydrogens (primary N) is 1. The Hall–Kier alpha value is -1.04. The molecule has 0 amide bonds. The van der Waals surface area contributed by atoms with Gasteiger partial charge in [0.25, 0.3) is 0 Å². The summed E-state index contributed by atoms with van der Waals surface area (Å²) < 4.78 is 6.45. The Morgan fingerprint density at radius 3 is 3.21 bits per heavy atom. The Bertz CT molecular complexity index is 382. The SMILES string of the molecule is NCCOCc1nc2cnccc2s1. The Kier molecular flexibility index (Phi) is 3.03. The minimum atomic E-state index is 0.538. The largest absolute Gasteiger partial charge is 0.373 e. The molecule has 4 nitrogen and oxygen atoms in total. The van der Waals surface area contributed by atoms with Crippen LogP contribution in [0.15, 0.2) is 18.5 Å². The van der Waals surface area contributed by atoms with E-state index in [4.69, 9.17) is 10.5 Å². The van der Waals surface area contributed by atoms with Crippen LogP contribution in [0.5, 0.6) is 0 Å². The highest BCUT2D eigenvalue weighted by molar-refractivity contribution is 7.18. The molecule has 74 valence electrons. The first kappa shape index (κ1) is 9.51. The number of pyridine rings is 1. The minimum absolute atomic E-state index is 0.538. The Labute approximate surface area is 85.7 Å². The van der Waals surface area contributed by atoms with Crippen molar-refractivity contribution in [2.45, 2.75) is 6.61 Å². The van der Waals surface area contributed by atoms with Crippen LogP contribution in [0.25, 0.3) is 10.2 Å². The van der Waals surface area contributed by atoms with Crippen LogP contribution in [0, 0.1) is 0 Å². The fourth-order valence-electron chi connectivity index (χ4n) is 1.13. The first-order valence-electron chi connectivity index (χ1n) is 4.37. The number of nitrogens with zero attached hydrogens (tertiary/aromatic N) is 2. The molecular weight excluding hydrogens is 198 g/mol. The third kappa shape index (κ3) is 2.06. The molecule has 0 aliphatic rings. The van der Waals surface area contributed by atoms with Gasteiger partial charge in [0.15, 0.2) is 0 Å². The molecule has 0 aliphatic carbocycles. The van der Waals surface area contributed by atoms with Gasteiger partial charge in [-0.25, -0.2) is 4.98 Å². The van der Waals surface area contributed by atoms with Crippen LogP contribution in [-0.4, -0.2) is 23.1 Å². The van der Waals surface area contributed by atoms with Crippen LogP contribution in [0.3, 0.4) is 0 Å². The molecule has 0 radical (unpaired) electrons. The van der Waals surface area contributed by atoms with Gasteiger partial charge < -0.3 is 10.5 Å². The Balaban J connectivity index is 2.11. The van der Waals surface area contributed by atoms with E-state index in [1.807, 2.05) is 6.07 Å². The second kappa shape index (κ2) is 4.45. The fourth-order valence-corrected chi connectivity index (χ4v) is 2.00. The summed E-state index contributed by atoms with van der Waals surface area (Å²) in [6.45, 7) is 1.66. The lowest BCUT2D eigenvalue weighted by molar-refractivity contribution is 0.128. The summed E-state index contributed by atoms with van der Waals surface area (Å²) in [5.41, 5.74) is 6.25. The zero-order chi connectivity index (χ0) is 9.80. The molecule has 0 saturated heterocycles. The lowest BCUT2D eigenvalue weighted by Crippen LogP contribution is -2.07. The second-order valence-corrected chi connectivity index (χ2v) is 3.91. The van der Waals surface area contributed by atoms with Gasteiger partial charge in [0, 0.05) is 12.7 Å². The minimum Gasteiger partial charge on any atom is -0.373 e. The van der Waals surface area contributed by atoms with Gasteiger partial charge in [0.2, 0.25) is 0 Å². The molecule has 2 N–H and O–H groups in total. The van der Waals surface area contributed by atoms with Crippen LogP contribution in [0.1, 0.15) is 5.01 Å². The maximum Gasteiger partial charge on any atom is 0.120 e. The van der Waals surface area contributed by atoms with E-state index in [-0.39, 0.29) is 0 Å². The number of thiazole rings is 1. The summed E-state index contributed by atoms with van der Waals surface area (Å²) in [7, 11) is 0. The number of hydrogen-bond acceptors (Lipinski definition) is 5. The van der Waals surface area contributed by atoms with Crippen LogP contribution in [0.4, 0.5) is 0 Å². The summed E-state index contributed by atoms with van der Waals surface area (Å²) in [6, 6.07) is 1.96. The molecule has 0 aromatic carbocycles. The number of hydrogen-bond donors (Lipinski definition) is 1. The van der Waals surface area contributed by atoms with Crippen molar-refractivity contribution in [3.63, 3.8) is 0 Å². The summed E-state index contributed by atoms with van der Waals surface area (Å²) in [4.78, 5) is 8.38. The van der Waals surface area contributed by atoms with E-state index in [0.29, 0.717) is 19.8 Å². The average molecular weight is 209 g/mol. The molecule has 2 aromatic rings. The second-order valence-electron chi connectivity index (χ2n) is 2.79. The van der Waals surface area contributed by atoms with Crippen molar-refractivity contribution < 1.29 is 4.74 Å². The van der Waals surface area contributed by atoms with E-state index in [9.17, 15) is 0 Å². The van der Waals surface area contributed by atoms with Gasteiger partial charge in [0.1, 0.15) is 5.01 Å². The molecule has 0 unspecified atom stereocenters. The predicted molar refractivity (Wildman–Crippen MR) is 56.1 cm³/mol. The quantitative estimate of drug-likeness (QED) is 0.768. The van der Waals surface area contributed by atoms with Crippen molar-refractivity contribution in [3.05, 3.63) is 23.5 Å². The van der Waals surface area contributed by atoms with Crippen LogP contribution in [0.2, 0.25) is 0 Å². The zero-order valence-corrected chi connectivity index (χ0v) is 8.46. The molecule has 0 aliphatic heterocycles. The Morgan fingerprint density at radius 2 is 2.43 bits per heavy atom. The molecule has 0 fully saturated rings. The molecule has 14 heavy (non-hydrogen) atoms. The van der Waals surface area contributed by atoms with Crippen molar-refractivity contribution in [2.24, 2.45) is 5.73 Å². The lowest BCUT2D eigenvalue weighted by Gasteiger charge is -1.96. The van der Waals surface area contributed by atoms with Gasteiger partial charge in [-0.05, 0) is 6.07 Å². The van der Waals surface area contributed by atoms with Gasteiger partial charge in [-0.2, -0.15) is 0 Å². The molecular formula is C9H11N3OS. The highest BCUT2D eigenvalue weighted by Gasteiger charge is 2.02. The summed E-state index contributed by atoms with van der Waals surface area (Å²) in [5.74, 6) is 0. The van der Waals surface area contributed by atoms with Crippen LogP contribution >= 0.6 is 11.3 Å². The van der Waals surface area contributed by atoms with E-state index in [2.05, 4.69) is 9.97 Å². The lowest BCUT2D eigenvalue weighted by atomic mass is 10.5. The van der Waals surface area contributed by atoms with E-state index >= 15 is 0 Å². The van der Waals surface area contributed by atoms with E-state index in [0.717, 1.165) is 15.2 Å². The first-order valence-corrected chi connectivity index (χ1v) is 5.19. The highest BCUT2D eigenvalue weighted by atomic mass is 32.1. The van der Waals surface area contributed by atoms with Gasteiger partial charge in [-0.3, -0.25) is 4.98 Å². The van der Waals surface area contributed by atoms with Crippen LogP contribution in [-0.2, 0) is 11.3 Å². The summed E-state index contributed by atoms with van der Waals surface area (Å²) >= 11 is 1.63. The normalized spacial score (nSPS) is 10.9.